The second kappa shape index (κ2) is 8.84. The van der Waals surface area contributed by atoms with Gasteiger partial charge in [0.2, 0.25) is 0 Å². The Morgan fingerprint density at radius 3 is 2.54 bits per heavy atom. The normalized spacial score (nSPS) is 12.1. The molecule has 0 heterocycles. The largest absolute Gasteiger partial charge is 0.508 e. The van der Waals surface area contributed by atoms with Crippen LogP contribution in [0.2, 0.25) is 0 Å². The maximum atomic E-state index is 14.0. The molecule has 2 rings (SSSR count). The third-order valence-corrected chi connectivity index (χ3v) is 3.27. The first-order chi connectivity index (χ1) is 11.6. The maximum Gasteiger partial charge on any atom is 0.132 e. The van der Waals surface area contributed by atoms with Crippen molar-refractivity contribution in [3.63, 3.8) is 0 Å². The minimum absolute atomic E-state index is 0.196. The molecule has 0 saturated carbocycles. The Morgan fingerprint density at radius 2 is 1.88 bits per heavy atom. The lowest BCUT2D eigenvalue weighted by Gasteiger charge is -2.08. The van der Waals surface area contributed by atoms with Crippen molar-refractivity contribution in [3.05, 3.63) is 71.6 Å². The molecule has 0 fully saturated rings. The number of phenols is 1. The van der Waals surface area contributed by atoms with E-state index in [9.17, 15) is 9.50 Å². The van der Waals surface area contributed by atoms with E-state index < -0.39 is 0 Å². The van der Waals surface area contributed by atoms with Crippen LogP contribution in [0.25, 0.3) is 6.08 Å². The number of rotatable bonds is 7. The van der Waals surface area contributed by atoms with Crippen molar-refractivity contribution in [1.82, 2.24) is 4.90 Å². The molecule has 2 aromatic rings. The first kappa shape index (κ1) is 17.7. The molecule has 1 N–H and O–H groups in total. The molecule has 0 aliphatic heterocycles. The fourth-order valence-corrected chi connectivity index (χ4v) is 1.94. The molecular weight excluding hydrogens is 307 g/mol. The second-order valence-corrected chi connectivity index (χ2v) is 5.52. The molecule has 0 atom stereocenters. The van der Waals surface area contributed by atoms with Gasteiger partial charge in [-0.05, 0) is 50.0 Å². The van der Waals surface area contributed by atoms with Crippen LogP contribution in [0.1, 0.15) is 11.1 Å². The molecule has 5 heteroatoms. The molecule has 126 valence electrons. The zero-order valence-electron chi connectivity index (χ0n) is 13.8. The van der Waals surface area contributed by atoms with Crippen LogP contribution in [-0.2, 0) is 4.84 Å². The van der Waals surface area contributed by atoms with E-state index in [1.807, 2.05) is 19.0 Å². The van der Waals surface area contributed by atoms with E-state index in [1.54, 1.807) is 54.6 Å². The minimum atomic E-state index is -0.359. The SMILES string of the molecule is CN(C)CCON=C(/C=C/c1ccc(O)cc1)c1ccccc1F. The Kier molecular flexibility index (Phi) is 6.51. The highest BCUT2D eigenvalue weighted by atomic mass is 19.1. The van der Waals surface area contributed by atoms with Gasteiger partial charge < -0.3 is 14.8 Å². The van der Waals surface area contributed by atoms with E-state index in [0.29, 0.717) is 17.9 Å². The van der Waals surface area contributed by atoms with Crippen molar-refractivity contribution in [1.29, 1.82) is 0 Å². The van der Waals surface area contributed by atoms with Gasteiger partial charge in [0.05, 0.1) is 0 Å². The van der Waals surface area contributed by atoms with Gasteiger partial charge >= 0.3 is 0 Å². The van der Waals surface area contributed by atoms with Crippen LogP contribution < -0.4 is 0 Å². The molecule has 0 aliphatic carbocycles. The third-order valence-electron chi connectivity index (χ3n) is 3.27. The summed E-state index contributed by atoms with van der Waals surface area (Å²) in [5.74, 6) is -0.162. The monoisotopic (exact) mass is 328 g/mol. The number of benzene rings is 2. The van der Waals surface area contributed by atoms with Gasteiger partial charge in [0, 0.05) is 12.1 Å². The molecule has 0 bridgehead atoms. The van der Waals surface area contributed by atoms with Crippen LogP contribution in [0.4, 0.5) is 4.39 Å². The Balaban J connectivity index is 2.20. The summed E-state index contributed by atoms with van der Waals surface area (Å²) in [4.78, 5) is 7.29. The van der Waals surface area contributed by atoms with Crippen molar-refractivity contribution < 1.29 is 14.3 Å². The molecule has 4 nitrogen and oxygen atoms in total. The molecule has 24 heavy (non-hydrogen) atoms. The number of halogens is 1. The summed E-state index contributed by atoms with van der Waals surface area (Å²) in [5, 5.41) is 13.4. The predicted octanol–water partition coefficient (Wildman–Crippen LogP) is 3.53. The standard InChI is InChI=1S/C19H21FN2O2/c1-22(2)13-14-24-21-19(17-5-3-4-6-18(17)20)12-9-15-7-10-16(23)11-8-15/h3-12,23H,13-14H2,1-2H3/b12-9+,21-19?. The number of hydrogen-bond acceptors (Lipinski definition) is 4. The molecule has 0 aliphatic rings. The van der Waals surface area contributed by atoms with Crippen molar-refractivity contribution in [2.24, 2.45) is 5.16 Å². The van der Waals surface area contributed by atoms with Crippen LogP contribution in [-0.4, -0.2) is 43.0 Å². The Hall–Kier alpha value is -2.66. The fourth-order valence-electron chi connectivity index (χ4n) is 1.94. The molecule has 0 spiro atoms. The molecule has 0 aromatic heterocycles. The van der Waals surface area contributed by atoms with Crippen molar-refractivity contribution in [3.8, 4) is 5.75 Å². The molecular formula is C19H21FN2O2. The lowest BCUT2D eigenvalue weighted by molar-refractivity contribution is 0.126. The predicted molar refractivity (Wildman–Crippen MR) is 94.6 cm³/mol. The molecule has 2 aromatic carbocycles. The van der Waals surface area contributed by atoms with Gasteiger partial charge in [-0.25, -0.2) is 4.39 Å². The summed E-state index contributed by atoms with van der Waals surface area (Å²) in [7, 11) is 3.88. The van der Waals surface area contributed by atoms with Gasteiger partial charge in [-0.15, -0.1) is 0 Å². The summed E-state index contributed by atoms with van der Waals surface area (Å²) in [6.07, 6.45) is 3.49. The average molecular weight is 328 g/mol. The Morgan fingerprint density at radius 1 is 1.17 bits per heavy atom. The number of oxime groups is 1. The number of allylic oxidation sites excluding steroid dienone is 1. The summed E-state index contributed by atoms with van der Waals surface area (Å²) in [6.45, 7) is 1.13. The summed E-state index contributed by atoms with van der Waals surface area (Å²) in [5.41, 5.74) is 1.64. The minimum Gasteiger partial charge on any atom is -0.508 e. The van der Waals surface area contributed by atoms with Crippen LogP contribution in [0.3, 0.4) is 0 Å². The van der Waals surface area contributed by atoms with Gasteiger partial charge in [-0.2, -0.15) is 0 Å². The molecule has 0 amide bonds. The van der Waals surface area contributed by atoms with E-state index in [0.717, 1.165) is 12.1 Å². The third kappa shape index (κ3) is 5.52. The van der Waals surface area contributed by atoms with Crippen molar-refractivity contribution >= 4 is 11.8 Å². The summed E-state index contributed by atoms with van der Waals surface area (Å²) in [6, 6.07) is 13.1. The van der Waals surface area contributed by atoms with Gasteiger partial charge in [0.25, 0.3) is 0 Å². The van der Waals surface area contributed by atoms with Gasteiger partial charge in [0.15, 0.2) is 0 Å². The fraction of sp³-hybridized carbons (Fsp3) is 0.211. The number of phenolic OH excluding ortho intramolecular Hbond substituents is 1. The number of likely N-dealkylation sites (N-methyl/N-ethyl adjacent to an activating group) is 1. The van der Waals surface area contributed by atoms with E-state index in [-0.39, 0.29) is 11.6 Å². The number of aromatic hydroxyl groups is 1. The highest BCUT2D eigenvalue weighted by Gasteiger charge is 2.07. The van der Waals surface area contributed by atoms with Crippen LogP contribution in [0, 0.1) is 5.82 Å². The van der Waals surface area contributed by atoms with Gasteiger partial charge in [-0.3, -0.25) is 0 Å². The van der Waals surface area contributed by atoms with Crippen molar-refractivity contribution in [2.45, 2.75) is 0 Å². The molecule has 0 unspecified atom stereocenters. The van der Waals surface area contributed by atoms with Crippen LogP contribution in [0.5, 0.6) is 5.75 Å². The topological polar surface area (TPSA) is 45.1 Å². The lowest BCUT2D eigenvalue weighted by Crippen LogP contribution is -2.17. The average Bonchev–Trinajstić information content (AvgIpc) is 2.56. The van der Waals surface area contributed by atoms with E-state index in [4.69, 9.17) is 4.84 Å². The summed E-state index contributed by atoms with van der Waals surface area (Å²) >= 11 is 0. The first-order valence-corrected chi connectivity index (χ1v) is 7.63. The first-order valence-electron chi connectivity index (χ1n) is 7.63. The Labute approximate surface area is 141 Å². The van der Waals surface area contributed by atoms with E-state index >= 15 is 0 Å². The maximum absolute atomic E-state index is 14.0. The highest BCUT2D eigenvalue weighted by Crippen LogP contribution is 2.13. The number of hydrogen-bond donors (Lipinski definition) is 1. The number of nitrogens with zero attached hydrogens (tertiary/aromatic N) is 2. The lowest BCUT2D eigenvalue weighted by atomic mass is 10.1. The van der Waals surface area contributed by atoms with E-state index in [2.05, 4.69) is 5.16 Å². The zero-order chi connectivity index (χ0) is 17.4. The highest BCUT2D eigenvalue weighted by molar-refractivity contribution is 6.10. The van der Waals surface area contributed by atoms with Crippen LogP contribution >= 0.6 is 0 Å². The smallest absolute Gasteiger partial charge is 0.132 e. The zero-order valence-corrected chi connectivity index (χ0v) is 13.8. The molecule has 0 radical (unpaired) electrons. The van der Waals surface area contributed by atoms with Crippen LogP contribution in [0.15, 0.2) is 59.8 Å². The van der Waals surface area contributed by atoms with Gasteiger partial charge in [-0.1, -0.05) is 35.5 Å². The van der Waals surface area contributed by atoms with Gasteiger partial charge in [0.1, 0.15) is 23.9 Å². The Bertz CT molecular complexity index is 710. The molecule has 0 saturated heterocycles. The summed E-state index contributed by atoms with van der Waals surface area (Å²) < 4.78 is 14.0. The van der Waals surface area contributed by atoms with Crippen molar-refractivity contribution in [2.75, 3.05) is 27.2 Å². The quantitative estimate of drug-likeness (QED) is 0.480. The second-order valence-electron chi connectivity index (χ2n) is 5.52. The van der Waals surface area contributed by atoms with E-state index in [1.165, 1.54) is 6.07 Å².